The van der Waals surface area contributed by atoms with Crippen molar-refractivity contribution in [3.05, 3.63) is 28.5 Å². The zero-order chi connectivity index (χ0) is 12.3. The molecule has 0 radical (unpaired) electrons. The van der Waals surface area contributed by atoms with E-state index in [9.17, 15) is 4.79 Å². The minimum Gasteiger partial charge on any atom is -0.369 e. The van der Waals surface area contributed by atoms with Crippen LogP contribution in [0.25, 0.3) is 0 Å². The lowest BCUT2D eigenvalue weighted by atomic mass is 9.96. The molecular weight excluding hydrogens is 282 g/mol. The summed E-state index contributed by atoms with van der Waals surface area (Å²) in [6.45, 7) is 1.26. The highest BCUT2D eigenvalue weighted by molar-refractivity contribution is 9.10. The minimum atomic E-state index is -0.264. The molecule has 0 aliphatic carbocycles. The number of nitrogens with two attached hydrogens (primary N) is 1. The van der Waals surface area contributed by atoms with Crippen LogP contribution >= 0.6 is 15.9 Å². The molecule has 92 valence electrons. The average Bonchev–Trinajstić information content (AvgIpc) is 2.29. The van der Waals surface area contributed by atoms with E-state index in [1.807, 2.05) is 6.20 Å². The lowest BCUT2D eigenvalue weighted by Gasteiger charge is -2.34. The van der Waals surface area contributed by atoms with Gasteiger partial charge in [0.15, 0.2) is 0 Å². The Hall–Kier alpha value is -0.940. The number of carbonyl (C=O) groups excluding carboxylic acids is 1. The Morgan fingerprint density at radius 1 is 1.53 bits per heavy atom. The highest BCUT2D eigenvalue weighted by Crippen LogP contribution is 2.31. The summed E-state index contributed by atoms with van der Waals surface area (Å²) in [6, 6.07) is 2.33. The maximum absolute atomic E-state index is 11.1. The molecule has 0 aromatic carbocycles. The molecule has 1 aromatic rings. The molecule has 1 fully saturated rings. The second-order valence-electron chi connectivity index (χ2n) is 4.38. The van der Waals surface area contributed by atoms with E-state index in [2.05, 4.69) is 31.9 Å². The second kappa shape index (κ2) is 5.60. The molecule has 1 aliphatic heterocycles. The van der Waals surface area contributed by atoms with E-state index in [1.165, 1.54) is 6.42 Å². The molecule has 2 heterocycles. The van der Waals surface area contributed by atoms with Crippen molar-refractivity contribution in [2.75, 3.05) is 13.1 Å². The molecule has 2 rings (SSSR count). The van der Waals surface area contributed by atoms with Crippen LogP contribution < -0.4 is 5.73 Å². The summed E-state index contributed by atoms with van der Waals surface area (Å²) in [7, 11) is 0. The fourth-order valence-electron chi connectivity index (χ4n) is 2.37. The standard InChI is InChI=1S/C12H16BrN3O/c13-10-5-9(6-15-7-10)11-3-1-2-4-16(11)8-12(14)17/h5-7,11H,1-4,8H2,(H2,14,17). The van der Waals surface area contributed by atoms with Gasteiger partial charge in [0.2, 0.25) is 5.91 Å². The van der Waals surface area contributed by atoms with Crippen molar-refractivity contribution in [2.45, 2.75) is 25.3 Å². The first-order valence-electron chi connectivity index (χ1n) is 5.79. The first-order valence-corrected chi connectivity index (χ1v) is 6.59. The smallest absolute Gasteiger partial charge is 0.231 e. The van der Waals surface area contributed by atoms with E-state index in [4.69, 9.17) is 5.73 Å². The molecule has 0 saturated carbocycles. The molecule has 5 heteroatoms. The number of aromatic nitrogens is 1. The van der Waals surface area contributed by atoms with Crippen LogP contribution in [0.5, 0.6) is 0 Å². The molecule has 1 atom stereocenters. The number of carbonyl (C=O) groups is 1. The van der Waals surface area contributed by atoms with E-state index >= 15 is 0 Å². The SMILES string of the molecule is NC(=O)CN1CCCCC1c1cncc(Br)c1. The van der Waals surface area contributed by atoms with Crippen molar-refractivity contribution in [3.63, 3.8) is 0 Å². The van der Waals surface area contributed by atoms with Crippen LogP contribution in [0.15, 0.2) is 22.9 Å². The molecule has 1 amide bonds. The number of hydrogen-bond donors (Lipinski definition) is 1. The number of nitrogens with zero attached hydrogens (tertiary/aromatic N) is 2. The Bertz CT molecular complexity index is 410. The molecule has 2 N–H and O–H groups in total. The van der Waals surface area contributed by atoms with Gasteiger partial charge < -0.3 is 5.73 Å². The molecule has 1 unspecified atom stereocenters. The molecule has 1 aromatic heterocycles. The number of rotatable bonds is 3. The largest absolute Gasteiger partial charge is 0.369 e. The molecule has 0 bridgehead atoms. The van der Waals surface area contributed by atoms with Crippen LogP contribution in [-0.2, 0) is 4.79 Å². The Kier molecular flexibility index (Phi) is 4.12. The van der Waals surface area contributed by atoms with Crippen molar-refractivity contribution in [3.8, 4) is 0 Å². The average molecular weight is 298 g/mol. The number of amides is 1. The van der Waals surface area contributed by atoms with Gasteiger partial charge in [-0.3, -0.25) is 14.7 Å². The van der Waals surface area contributed by atoms with Gasteiger partial charge in [0, 0.05) is 22.9 Å². The van der Waals surface area contributed by atoms with Crippen LogP contribution in [0.1, 0.15) is 30.9 Å². The molecule has 17 heavy (non-hydrogen) atoms. The zero-order valence-corrected chi connectivity index (χ0v) is 11.2. The summed E-state index contributed by atoms with van der Waals surface area (Å²) in [5.74, 6) is -0.264. The molecule has 1 aliphatic rings. The summed E-state index contributed by atoms with van der Waals surface area (Å²) >= 11 is 3.43. The quantitative estimate of drug-likeness (QED) is 0.926. The maximum atomic E-state index is 11.1. The lowest BCUT2D eigenvalue weighted by Crippen LogP contribution is -2.39. The van der Waals surface area contributed by atoms with Gasteiger partial charge in [-0.15, -0.1) is 0 Å². The topological polar surface area (TPSA) is 59.2 Å². The summed E-state index contributed by atoms with van der Waals surface area (Å²) in [5.41, 5.74) is 6.44. The number of likely N-dealkylation sites (tertiary alicyclic amines) is 1. The fourth-order valence-corrected chi connectivity index (χ4v) is 2.75. The monoisotopic (exact) mass is 297 g/mol. The van der Waals surface area contributed by atoms with E-state index in [0.717, 1.165) is 29.4 Å². The Balaban J connectivity index is 2.18. The first kappa shape index (κ1) is 12.5. The van der Waals surface area contributed by atoms with E-state index in [0.29, 0.717) is 6.54 Å². The summed E-state index contributed by atoms with van der Waals surface area (Å²) in [5, 5.41) is 0. The van der Waals surface area contributed by atoms with Gasteiger partial charge in [0.1, 0.15) is 0 Å². The number of halogens is 1. The van der Waals surface area contributed by atoms with Gasteiger partial charge in [-0.1, -0.05) is 6.42 Å². The first-order chi connectivity index (χ1) is 8.16. The summed E-state index contributed by atoms with van der Waals surface area (Å²) in [4.78, 5) is 17.4. The van der Waals surface area contributed by atoms with Crippen molar-refractivity contribution >= 4 is 21.8 Å². The third kappa shape index (κ3) is 3.26. The normalized spacial score (nSPS) is 21.4. The van der Waals surface area contributed by atoms with Crippen LogP contribution in [0.3, 0.4) is 0 Å². The molecular formula is C12H16BrN3O. The van der Waals surface area contributed by atoms with Gasteiger partial charge in [-0.2, -0.15) is 0 Å². The van der Waals surface area contributed by atoms with Gasteiger partial charge in [-0.25, -0.2) is 0 Å². The van der Waals surface area contributed by atoms with Gasteiger partial charge in [0.25, 0.3) is 0 Å². The predicted octanol–water partition coefficient (Wildman–Crippen LogP) is 1.86. The Morgan fingerprint density at radius 3 is 3.06 bits per heavy atom. The highest BCUT2D eigenvalue weighted by Gasteiger charge is 2.25. The van der Waals surface area contributed by atoms with Crippen molar-refractivity contribution in [2.24, 2.45) is 5.73 Å². The number of pyridine rings is 1. The van der Waals surface area contributed by atoms with Crippen LogP contribution in [0.4, 0.5) is 0 Å². The van der Waals surface area contributed by atoms with E-state index in [-0.39, 0.29) is 11.9 Å². The van der Waals surface area contributed by atoms with Crippen molar-refractivity contribution < 1.29 is 4.79 Å². The molecule has 4 nitrogen and oxygen atoms in total. The van der Waals surface area contributed by atoms with Crippen LogP contribution in [-0.4, -0.2) is 28.9 Å². The van der Waals surface area contributed by atoms with Crippen LogP contribution in [0, 0.1) is 0 Å². The zero-order valence-electron chi connectivity index (χ0n) is 9.60. The molecule has 0 spiro atoms. The number of hydrogen-bond acceptors (Lipinski definition) is 3. The van der Waals surface area contributed by atoms with Gasteiger partial charge in [0.05, 0.1) is 6.54 Å². The number of piperidine rings is 1. The van der Waals surface area contributed by atoms with Crippen LogP contribution in [0.2, 0.25) is 0 Å². The third-order valence-electron chi connectivity index (χ3n) is 3.08. The van der Waals surface area contributed by atoms with E-state index < -0.39 is 0 Å². The minimum absolute atomic E-state index is 0.264. The highest BCUT2D eigenvalue weighted by atomic mass is 79.9. The summed E-state index contributed by atoms with van der Waals surface area (Å²) < 4.78 is 0.972. The Morgan fingerprint density at radius 2 is 2.35 bits per heavy atom. The van der Waals surface area contributed by atoms with E-state index in [1.54, 1.807) is 6.20 Å². The number of primary amides is 1. The lowest BCUT2D eigenvalue weighted by molar-refractivity contribution is -0.120. The summed E-state index contributed by atoms with van der Waals surface area (Å²) in [6.07, 6.45) is 7.02. The van der Waals surface area contributed by atoms with Gasteiger partial charge in [-0.05, 0) is 46.9 Å². The third-order valence-corrected chi connectivity index (χ3v) is 3.52. The fraction of sp³-hybridized carbons (Fsp3) is 0.500. The molecule has 1 saturated heterocycles. The Labute approximate surface area is 109 Å². The maximum Gasteiger partial charge on any atom is 0.231 e. The van der Waals surface area contributed by atoms with Crippen molar-refractivity contribution in [1.82, 2.24) is 9.88 Å². The second-order valence-corrected chi connectivity index (χ2v) is 5.30. The van der Waals surface area contributed by atoms with Crippen molar-refractivity contribution in [1.29, 1.82) is 0 Å². The van der Waals surface area contributed by atoms with Gasteiger partial charge >= 0.3 is 0 Å². The predicted molar refractivity (Wildman–Crippen MR) is 69.3 cm³/mol.